The van der Waals surface area contributed by atoms with E-state index in [1.807, 2.05) is 23.1 Å². The van der Waals surface area contributed by atoms with Gasteiger partial charge in [-0.05, 0) is 50.7 Å². The highest BCUT2D eigenvalue weighted by atomic mass is 32.1. The van der Waals surface area contributed by atoms with Gasteiger partial charge in [0.2, 0.25) is 5.91 Å². The van der Waals surface area contributed by atoms with Crippen molar-refractivity contribution in [1.82, 2.24) is 9.88 Å². The summed E-state index contributed by atoms with van der Waals surface area (Å²) < 4.78 is 1.22. The molecule has 1 aliphatic heterocycles. The Morgan fingerprint density at radius 2 is 2.16 bits per heavy atom. The molecule has 0 bridgehead atoms. The highest BCUT2D eigenvalue weighted by Gasteiger charge is 2.45. The van der Waals surface area contributed by atoms with Gasteiger partial charge in [0.25, 0.3) is 0 Å². The number of rotatable bonds is 4. The molecule has 134 valence electrons. The van der Waals surface area contributed by atoms with Gasteiger partial charge in [-0.2, -0.15) is 0 Å². The summed E-state index contributed by atoms with van der Waals surface area (Å²) >= 11 is 1.73. The van der Waals surface area contributed by atoms with Crippen LogP contribution in [0.3, 0.4) is 0 Å². The van der Waals surface area contributed by atoms with Gasteiger partial charge >= 0.3 is 0 Å². The standard InChI is InChI=1S/C20H26N2O2S/c23-17-8-4-11-20(17)12-5-13-22(14-20)19(24)10-3-9-18-21-15-6-1-2-7-16(15)25-18/h1-2,6-7,17,23H,3-5,8-14H2/t17-,20-/m1/s1. The van der Waals surface area contributed by atoms with E-state index in [2.05, 4.69) is 11.1 Å². The first kappa shape index (κ1) is 17.0. The second-order valence-electron chi connectivity index (χ2n) is 7.62. The minimum Gasteiger partial charge on any atom is -0.392 e. The molecule has 1 spiro atoms. The average Bonchev–Trinajstić information content (AvgIpc) is 3.18. The fourth-order valence-electron chi connectivity index (χ4n) is 4.55. The maximum Gasteiger partial charge on any atom is 0.222 e. The van der Waals surface area contributed by atoms with Crippen molar-refractivity contribution in [3.63, 3.8) is 0 Å². The molecule has 1 amide bonds. The minimum atomic E-state index is -0.217. The van der Waals surface area contributed by atoms with Gasteiger partial charge in [0.15, 0.2) is 0 Å². The zero-order valence-electron chi connectivity index (χ0n) is 14.6. The summed E-state index contributed by atoms with van der Waals surface area (Å²) in [4.78, 5) is 19.3. The molecule has 25 heavy (non-hydrogen) atoms. The Balaban J connectivity index is 1.31. The van der Waals surface area contributed by atoms with Gasteiger partial charge < -0.3 is 10.0 Å². The van der Waals surface area contributed by atoms with Crippen LogP contribution in [0.5, 0.6) is 0 Å². The zero-order chi connectivity index (χ0) is 17.3. The van der Waals surface area contributed by atoms with Crippen molar-refractivity contribution < 1.29 is 9.90 Å². The molecule has 1 aliphatic carbocycles. The number of carbonyl (C=O) groups is 1. The topological polar surface area (TPSA) is 53.4 Å². The predicted octanol–water partition coefficient (Wildman–Crippen LogP) is 3.77. The number of aromatic nitrogens is 1. The Hall–Kier alpha value is -1.46. The van der Waals surface area contributed by atoms with Crippen molar-refractivity contribution in [3.05, 3.63) is 29.3 Å². The largest absolute Gasteiger partial charge is 0.392 e. The number of para-hydroxylation sites is 1. The lowest BCUT2D eigenvalue weighted by molar-refractivity contribution is -0.136. The average molecular weight is 359 g/mol. The fraction of sp³-hybridized carbons (Fsp3) is 0.600. The van der Waals surface area contributed by atoms with Crippen LogP contribution >= 0.6 is 11.3 Å². The third kappa shape index (κ3) is 3.44. The van der Waals surface area contributed by atoms with Crippen molar-refractivity contribution in [1.29, 1.82) is 0 Å². The van der Waals surface area contributed by atoms with E-state index in [0.717, 1.165) is 68.6 Å². The molecule has 0 unspecified atom stereocenters. The van der Waals surface area contributed by atoms with E-state index in [1.165, 1.54) is 4.70 Å². The van der Waals surface area contributed by atoms with Crippen LogP contribution in [0, 0.1) is 5.41 Å². The lowest BCUT2D eigenvalue weighted by atomic mass is 9.76. The van der Waals surface area contributed by atoms with Crippen LogP contribution in [0.15, 0.2) is 24.3 Å². The van der Waals surface area contributed by atoms with Gasteiger partial charge in [0.1, 0.15) is 0 Å². The third-order valence-electron chi connectivity index (χ3n) is 5.94. The van der Waals surface area contributed by atoms with E-state index in [0.29, 0.717) is 6.42 Å². The van der Waals surface area contributed by atoms with E-state index in [-0.39, 0.29) is 17.4 Å². The Morgan fingerprint density at radius 3 is 2.96 bits per heavy atom. The zero-order valence-corrected chi connectivity index (χ0v) is 15.4. The SMILES string of the molecule is O=C(CCCc1nc2ccccc2s1)N1CCC[C@]2(CCC[C@H]2O)C1. The van der Waals surface area contributed by atoms with Crippen LogP contribution in [0.2, 0.25) is 0 Å². The Morgan fingerprint density at radius 1 is 1.32 bits per heavy atom. The number of hydrogen-bond donors (Lipinski definition) is 1. The summed E-state index contributed by atoms with van der Waals surface area (Å²) in [5.74, 6) is 0.249. The maximum absolute atomic E-state index is 12.6. The highest BCUT2D eigenvalue weighted by Crippen LogP contribution is 2.45. The molecule has 5 heteroatoms. The highest BCUT2D eigenvalue weighted by molar-refractivity contribution is 7.18. The fourth-order valence-corrected chi connectivity index (χ4v) is 5.55. The normalized spacial score (nSPS) is 26.6. The van der Waals surface area contributed by atoms with Crippen LogP contribution < -0.4 is 0 Å². The minimum absolute atomic E-state index is 0.0130. The molecular formula is C20H26N2O2S. The van der Waals surface area contributed by atoms with Gasteiger partial charge in [-0.15, -0.1) is 11.3 Å². The monoisotopic (exact) mass is 358 g/mol. The van der Waals surface area contributed by atoms with Gasteiger partial charge in [-0.25, -0.2) is 4.98 Å². The first-order valence-electron chi connectivity index (χ1n) is 9.47. The number of nitrogens with zero attached hydrogens (tertiary/aromatic N) is 2. The number of aliphatic hydroxyl groups is 1. The van der Waals surface area contributed by atoms with Crippen LogP contribution in [-0.4, -0.2) is 40.1 Å². The molecule has 0 radical (unpaired) electrons. The number of fused-ring (bicyclic) bond motifs is 1. The van der Waals surface area contributed by atoms with Crippen molar-refractivity contribution in [2.24, 2.45) is 5.41 Å². The number of piperidine rings is 1. The van der Waals surface area contributed by atoms with Crippen molar-refractivity contribution in [2.45, 2.75) is 57.5 Å². The van der Waals surface area contributed by atoms with E-state index >= 15 is 0 Å². The number of thiazole rings is 1. The van der Waals surface area contributed by atoms with E-state index < -0.39 is 0 Å². The Kier molecular flexibility index (Phi) is 4.78. The molecule has 2 aliphatic rings. The lowest BCUT2D eigenvalue weighted by Gasteiger charge is -2.42. The number of aliphatic hydroxyl groups excluding tert-OH is 1. The second kappa shape index (κ2) is 7.04. The second-order valence-corrected chi connectivity index (χ2v) is 8.73. The molecule has 1 aromatic carbocycles. The molecule has 1 N–H and O–H groups in total. The summed E-state index contributed by atoms with van der Waals surface area (Å²) in [6.45, 7) is 1.61. The third-order valence-corrected chi connectivity index (χ3v) is 7.04. The molecule has 1 saturated heterocycles. The van der Waals surface area contributed by atoms with Gasteiger partial charge in [0, 0.05) is 24.9 Å². The van der Waals surface area contributed by atoms with Gasteiger partial charge in [0.05, 0.1) is 21.3 Å². The first-order chi connectivity index (χ1) is 12.2. The van der Waals surface area contributed by atoms with Crippen molar-refractivity contribution >= 4 is 27.5 Å². The van der Waals surface area contributed by atoms with Gasteiger partial charge in [-0.1, -0.05) is 18.6 Å². The number of aryl methyl sites for hydroxylation is 1. The van der Waals surface area contributed by atoms with E-state index in [9.17, 15) is 9.90 Å². The van der Waals surface area contributed by atoms with Crippen LogP contribution in [-0.2, 0) is 11.2 Å². The number of likely N-dealkylation sites (tertiary alicyclic amines) is 1. The number of benzene rings is 1. The first-order valence-corrected chi connectivity index (χ1v) is 10.3. The lowest BCUT2D eigenvalue weighted by Crippen LogP contribution is -2.49. The smallest absolute Gasteiger partial charge is 0.222 e. The molecular weight excluding hydrogens is 332 g/mol. The quantitative estimate of drug-likeness (QED) is 0.905. The van der Waals surface area contributed by atoms with Crippen molar-refractivity contribution in [2.75, 3.05) is 13.1 Å². The van der Waals surface area contributed by atoms with Crippen LogP contribution in [0.1, 0.15) is 50.0 Å². The number of hydrogen-bond acceptors (Lipinski definition) is 4. The molecule has 2 fully saturated rings. The predicted molar refractivity (Wildman–Crippen MR) is 101 cm³/mol. The molecule has 1 aromatic heterocycles. The molecule has 2 aromatic rings. The Bertz CT molecular complexity index is 726. The van der Waals surface area contributed by atoms with E-state index in [4.69, 9.17) is 0 Å². The molecule has 1 saturated carbocycles. The summed E-state index contributed by atoms with van der Waals surface area (Å²) in [7, 11) is 0. The van der Waals surface area contributed by atoms with E-state index in [1.54, 1.807) is 11.3 Å². The summed E-state index contributed by atoms with van der Waals surface area (Å²) in [6, 6.07) is 8.19. The van der Waals surface area contributed by atoms with Crippen molar-refractivity contribution in [3.8, 4) is 0 Å². The molecule has 2 atom stereocenters. The Labute approximate surface area is 152 Å². The summed E-state index contributed by atoms with van der Waals surface area (Å²) in [5, 5.41) is 11.5. The van der Waals surface area contributed by atoms with Gasteiger partial charge in [-0.3, -0.25) is 4.79 Å². The maximum atomic E-state index is 12.6. The molecule has 2 heterocycles. The summed E-state index contributed by atoms with van der Waals surface area (Å²) in [5.41, 5.74) is 1.04. The van der Waals surface area contributed by atoms with Crippen LogP contribution in [0.4, 0.5) is 0 Å². The van der Waals surface area contributed by atoms with Crippen LogP contribution in [0.25, 0.3) is 10.2 Å². The summed E-state index contributed by atoms with van der Waals surface area (Å²) in [6.07, 6.45) is 7.26. The molecule has 4 nitrogen and oxygen atoms in total. The number of amides is 1. The number of carbonyl (C=O) groups excluding carboxylic acids is 1. The molecule has 4 rings (SSSR count).